The van der Waals surface area contributed by atoms with Crippen molar-refractivity contribution in [1.82, 2.24) is 10.6 Å². The molecule has 142 valence electrons. The van der Waals surface area contributed by atoms with Crippen LogP contribution in [0.4, 0.5) is 0 Å². The molecule has 5 nitrogen and oxygen atoms in total. The Bertz CT molecular complexity index is 941. The predicted octanol–water partition coefficient (Wildman–Crippen LogP) is 3.52. The van der Waals surface area contributed by atoms with Crippen LogP contribution in [0.25, 0.3) is 11.1 Å². The fourth-order valence-electron chi connectivity index (χ4n) is 2.83. The van der Waals surface area contributed by atoms with Gasteiger partial charge < -0.3 is 15.4 Å². The maximum absolute atomic E-state index is 12.6. The number of carbonyl (C=O) groups is 2. The lowest BCUT2D eigenvalue weighted by molar-refractivity contribution is 0.0926. The number of methoxy groups -OCH3 is 1. The average Bonchev–Trinajstić information content (AvgIpc) is 2.77. The van der Waals surface area contributed by atoms with Gasteiger partial charge in [-0.1, -0.05) is 54.6 Å². The number of hydrogen-bond donors (Lipinski definition) is 2. The molecule has 0 spiro atoms. The van der Waals surface area contributed by atoms with Gasteiger partial charge >= 0.3 is 0 Å². The van der Waals surface area contributed by atoms with Gasteiger partial charge in [-0.2, -0.15) is 0 Å². The Kier molecular flexibility index (Phi) is 6.41. The Hall–Kier alpha value is -3.60. The minimum atomic E-state index is -0.247. The first kappa shape index (κ1) is 19.2. The first-order chi connectivity index (χ1) is 13.7. The molecule has 0 radical (unpaired) electrons. The van der Waals surface area contributed by atoms with Crippen LogP contribution < -0.4 is 15.4 Å². The van der Waals surface area contributed by atoms with Crippen LogP contribution in [0.1, 0.15) is 20.7 Å². The summed E-state index contributed by atoms with van der Waals surface area (Å²) in [6.07, 6.45) is 0. The summed E-state index contributed by atoms with van der Waals surface area (Å²) in [6, 6.07) is 24.3. The molecule has 0 atom stereocenters. The van der Waals surface area contributed by atoms with Crippen molar-refractivity contribution in [3.63, 3.8) is 0 Å². The van der Waals surface area contributed by atoms with Crippen molar-refractivity contribution in [2.75, 3.05) is 20.2 Å². The van der Waals surface area contributed by atoms with Gasteiger partial charge in [0.15, 0.2) is 0 Å². The maximum Gasteiger partial charge on any atom is 0.255 e. The molecule has 5 heteroatoms. The van der Waals surface area contributed by atoms with E-state index in [-0.39, 0.29) is 11.8 Å². The molecule has 0 bridgehead atoms. The molecule has 2 amide bonds. The van der Waals surface area contributed by atoms with Crippen molar-refractivity contribution in [2.45, 2.75) is 0 Å². The smallest absolute Gasteiger partial charge is 0.255 e. The third kappa shape index (κ3) is 4.76. The predicted molar refractivity (Wildman–Crippen MR) is 110 cm³/mol. The largest absolute Gasteiger partial charge is 0.496 e. The molecule has 0 saturated carbocycles. The molecular formula is C23H22N2O3. The molecule has 2 N–H and O–H groups in total. The monoisotopic (exact) mass is 374 g/mol. The number of rotatable bonds is 7. The number of hydrogen-bond acceptors (Lipinski definition) is 3. The SMILES string of the molecule is COc1ccc(-c2ccccc2)cc1C(=O)NCCNC(=O)c1ccccc1. The van der Waals surface area contributed by atoms with E-state index in [1.165, 1.54) is 7.11 Å². The van der Waals surface area contributed by atoms with Crippen LogP contribution >= 0.6 is 0 Å². The van der Waals surface area contributed by atoms with Crippen molar-refractivity contribution in [1.29, 1.82) is 0 Å². The summed E-state index contributed by atoms with van der Waals surface area (Å²) in [5.41, 5.74) is 3.00. The third-order valence-corrected chi connectivity index (χ3v) is 4.28. The molecule has 0 aliphatic heterocycles. The summed E-state index contributed by atoms with van der Waals surface area (Å²) in [5, 5.41) is 5.61. The molecule has 0 aliphatic carbocycles. The second kappa shape index (κ2) is 9.37. The lowest BCUT2D eigenvalue weighted by atomic mass is 10.0. The van der Waals surface area contributed by atoms with Crippen molar-refractivity contribution >= 4 is 11.8 Å². The summed E-state index contributed by atoms with van der Waals surface area (Å²) in [5.74, 6) is 0.0904. The van der Waals surface area contributed by atoms with Gasteiger partial charge in [-0.3, -0.25) is 9.59 Å². The summed E-state index contributed by atoms with van der Waals surface area (Å²) in [4.78, 5) is 24.6. The van der Waals surface area contributed by atoms with Crippen LogP contribution in [-0.4, -0.2) is 32.0 Å². The standard InChI is InChI=1S/C23H22N2O3/c1-28-21-13-12-19(17-8-4-2-5-9-17)16-20(21)23(27)25-15-14-24-22(26)18-10-6-3-7-11-18/h2-13,16H,14-15H2,1H3,(H,24,26)(H,25,27). The van der Waals surface area contributed by atoms with Gasteiger partial charge in [-0.05, 0) is 35.4 Å². The molecule has 0 fully saturated rings. The molecule has 3 aromatic carbocycles. The highest BCUT2D eigenvalue weighted by Gasteiger charge is 2.13. The molecule has 0 unspecified atom stereocenters. The zero-order valence-electron chi connectivity index (χ0n) is 15.6. The van der Waals surface area contributed by atoms with Crippen molar-refractivity contribution < 1.29 is 14.3 Å². The fourth-order valence-corrected chi connectivity index (χ4v) is 2.83. The summed E-state index contributed by atoms with van der Waals surface area (Å²) >= 11 is 0. The van der Waals surface area contributed by atoms with Crippen LogP contribution in [0.15, 0.2) is 78.9 Å². The lowest BCUT2D eigenvalue weighted by Gasteiger charge is -2.12. The molecular weight excluding hydrogens is 352 g/mol. The second-order valence-corrected chi connectivity index (χ2v) is 6.16. The van der Waals surface area contributed by atoms with Crippen LogP contribution in [-0.2, 0) is 0 Å². The highest BCUT2D eigenvalue weighted by molar-refractivity contribution is 5.98. The number of nitrogens with one attached hydrogen (secondary N) is 2. The van der Waals surface area contributed by atoms with E-state index in [1.807, 2.05) is 60.7 Å². The Labute approximate surface area is 164 Å². The van der Waals surface area contributed by atoms with Gasteiger partial charge in [0.2, 0.25) is 0 Å². The van der Waals surface area contributed by atoms with Crippen LogP contribution in [0, 0.1) is 0 Å². The Morgan fingerprint density at radius 1 is 0.750 bits per heavy atom. The minimum Gasteiger partial charge on any atom is -0.496 e. The van der Waals surface area contributed by atoms with Crippen LogP contribution in [0.2, 0.25) is 0 Å². The average molecular weight is 374 g/mol. The van der Waals surface area contributed by atoms with Gasteiger partial charge in [0.25, 0.3) is 11.8 Å². The highest BCUT2D eigenvalue weighted by Crippen LogP contribution is 2.26. The number of ether oxygens (including phenoxy) is 1. The molecule has 3 rings (SSSR count). The Morgan fingerprint density at radius 2 is 1.36 bits per heavy atom. The van der Waals surface area contributed by atoms with E-state index in [2.05, 4.69) is 10.6 Å². The van der Waals surface area contributed by atoms with E-state index < -0.39 is 0 Å². The lowest BCUT2D eigenvalue weighted by Crippen LogP contribution is -2.34. The van der Waals surface area contributed by atoms with Crippen LogP contribution in [0.5, 0.6) is 5.75 Å². The van der Waals surface area contributed by atoms with Crippen molar-refractivity contribution in [3.8, 4) is 16.9 Å². The minimum absolute atomic E-state index is 0.168. The highest BCUT2D eigenvalue weighted by atomic mass is 16.5. The fraction of sp³-hybridized carbons (Fsp3) is 0.130. The van der Waals surface area contributed by atoms with E-state index in [0.29, 0.717) is 30.0 Å². The summed E-state index contributed by atoms with van der Waals surface area (Å²) in [7, 11) is 1.54. The number of amides is 2. The van der Waals surface area contributed by atoms with E-state index in [1.54, 1.807) is 18.2 Å². The van der Waals surface area contributed by atoms with E-state index in [9.17, 15) is 9.59 Å². The summed E-state index contributed by atoms with van der Waals surface area (Å²) in [6.45, 7) is 0.649. The first-order valence-electron chi connectivity index (χ1n) is 9.04. The maximum atomic E-state index is 12.6. The molecule has 0 saturated heterocycles. The van der Waals surface area contributed by atoms with Gasteiger partial charge in [0.1, 0.15) is 5.75 Å². The summed E-state index contributed by atoms with van der Waals surface area (Å²) < 4.78 is 5.33. The normalized spacial score (nSPS) is 10.2. The van der Waals surface area contributed by atoms with Crippen molar-refractivity contribution in [3.05, 3.63) is 90.0 Å². The molecule has 28 heavy (non-hydrogen) atoms. The second-order valence-electron chi connectivity index (χ2n) is 6.16. The Morgan fingerprint density at radius 3 is 2.00 bits per heavy atom. The molecule has 3 aromatic rings. The van der Waals surface area contributed by atoms with E-state index in [4.69, 9.17) is 4.74 Å². The Balaban J connectivity index is 1.61. The third-order valence-electron chi connectivity index (χ3n) is 4.28. The van der Waals surface area contributed by atoms with E-state index in [0.717, 1.165) is 11.1 Å². The number of carbonyl (C=O) groups excluding carboxylic acids is 2. The first-order valence-corrected chi connectivity index (χ1v) is 9.04. The molecule has 0 aromatic heterocycles. The zero-order valence-corrected chi connectivity index (χ0v) is 15.6. The van der Waals surface area contributed by atoms with Gasteiger partial charge in [0.05, 0.1) is 12.7 Å². The topological polar surface area (TPSA) is 67.4 Å². The van der Waals surface area contributed by atoms with Crippen LogP contribution in [0.3, 0.4) is 0 Å². The van der Waals surface area contributed by atoms with Gasteiger partial charge in [-0.25, -0.2) is 0 Å². The molecule has 0 aliphatic rings. The molecule has 0 heterocycles. The van der Waals surface area contributed by atoms with Gasteiger partial charge in [0, 0.05) is 18.7 Å². The zero-order chi connectivity index (χ0) is 19.8. The van der Waals surface area contributed by atoms with Crippen molar-refractivity contribution in [2.24, 2.45) is 0 Å². The van der Waals surface area contributed by atoms with Gasteiger partial charge in [-0.15, -0.1) is 0 Å². The van der Waals surface area contributed by atoms with E-state index >= 15 is 0 Å². The quantitative estimate of drug-likeness (QED) is 0.622. The number of benzene rings is 3.